The Balaban J connectivity index is 2.12. The molecule has 0 bridgehead atoms. The maximum absolute atomic E-state index is 10.8. The van der Waals surface area contributed by atoms with Gasteiger partial charge in [0.15, 0.2) is 0 Å². The minimum absolute atomic E-state index is 0.0851. The zero-order valence-electron chi connectivity index (χ0n) is 9.77. The normalized spacial score (nSPS) is 10.2. The topological polar surface area (TPSA) is 55.2 Å². The minimum Gasteiger partial charge on any atom is -0.381 e. The number of hydrogen-bond donors (Lipinski definition) is 1. The molecule has 2 rings (SSSR count). The van der Waals surface area contributed by atoms with E-state index in [0.717, 1.165) is 14.8 Å². The number of nitro benzene ring substituents is 1. The van der Waals surface area contributed by atoms with Crippen LogP contribution in [0.4, 0.5) is 11.4 Å². The lowest BCUT2D eigenvalue weighted by Gasteiger charge is -2.07. The van der Waals surface area contributed by atoms with Crippen molar-refractivity contribution >= 4 is 49.9 Å². The van der Waals surface area contributed by atoms with Gasteiger partial charge in [0.2, 0.25) is 0 Å². The summed E-state index contributed by atoms with van der Waals surface area (Å²) in [4.78, 5) is 10.5. The van der Waals surface area contributed by atoms with E-state index in [0.29, 0.717) is 11.0 Å². The molecule has 1 N–H and O–H groups in total. The minimum atomic E-state index is -0.390. The Labute approximate surface area is 132 Å². The standard InChI is InChI=1S/C13H10BrIN2O2/c14-12-5-4-9(6-13(12)17(18)19)8-16-11-3-1-2-10(15)7-11/h1-7,16H,8H2. The third-order valence-electron chi connectivity index (χ3n) is 2.53. The highest BCUT2D eigenvalue weighted by Crippen LogP contribution is 2.26. The first-order valence-electron chi connectivity index (χ1n) is 5.48. The predicted octanol–water partition coefficient (Wildman–Crippen LogP) is 4.57. The van der Waals surface area contributed by atoms with Crippen LogP contribution in [0.3, 0.4) is 0 Å². The molecule has 0 saturated carbocycles. The van der Waals surface area contributed by atoms with Crippen LogP contribution in [0.15, 0.2) is 46.9 Å². The number of hydrogen-bond acceptors (Lipinski definition) is 3. The third-order valence-corrected chi connectivity index (χ3v) is 3.87. The number of anilines is 1. The number of halogens is 2. The van der Waals surface area contributed by atoms with Crippen molar-refractivity contribution < 1.29 is 4.92 Å². The SMILES string of the molecule is O=[N+]([O-])c1cc(CNc2cccc(I)c2)ccc1Br. The van der Waals surface area contributed by atoms with E-state index < -0.39 is 0 Å². The van der Waals surface area contributed by atoms with Gasteiger partial charge < -0.3 is 5.32 Å². The van der Waals surface area contributed by atoms with E-state index in [1.807, 2.05) is 30.3 Å². The monoisotopic (exact) mass is 432 g/mol. The Bertz CT molecular complexity index is 619. The third kappa shape index (κ3) is 3.90. The fraction of sp³-hybridized carbons (Fsp3) is 0.0769. The molecule has 0 aromatic heterocycles. The highest BCUT2D eigenvalue weighted by atomic mass is 127. The summed E-state index contributed by atoms with van der Waals surface area (Å²) in [7, 11) is 0. The van der Waals surface area contributed by atoms with E-state index in [4.69, 9.17) is 0 Å². The molecular weight excluding hydrogens is 423 g/mol. The second-order valence-corrected chi connectivity index (χ2v) is 6.01. The van der Waals surface area contributed by atoms with Crippen molar-refractivity contribution in [2.45, 2.75) is 6.54 Å². The van der Waals surface area contributed by atoms with Crippen molar-refractivity contribution in [1.82, 2.24) is 0 Å². The summed E-state index contributed by atoms with van der Waals surface area (Å²) < 4.78 is 1.64. The highest BCUT2D eigenvalue weighted by Gasteiger charge is 2.11. The Kier molecular flexibility index (Phi) is 4.76. The Morgan fingerprint density at radius 3 is 2.74 bits per heavy atom. The number of nitro groups is 1. The molecule has 0 spiro atoms. The van der Waals surface area contributed by atoms with Gasteiger partial charge in [-0.25, -0.2) is 0 Å². The van der Waals surface area contributed by atoms with Gasteiger partial charge in [-0.2, -0.15) is 0 Å². The number of nitrogens with zero attached hydrogens (tertiary/aromatic N) is 1. The summed E-state index contributed by atoms with van der Waals surface area (Å²) in [6, 6.07) is 13.1. The molecule has 2 aromatic rings. The first-order chi connectivity index (χ1) is 9.06. The summed E-state index contributed by atoms with van der Waals surface area (Å²) in [6.07, 6.45) is 0. The summed E-state index contributed by atoms with van der Waals surface area (Å²) in [6.45, 7) is 0.550. The van der Waals surface area contributed by atoms with Crippen LogP contribution in [0.2, 0.25) is 0 Å². The van der Waals surface area contributed by atoms with Gasteiger partial charge in [0.25, 0.3) is 5.69 Å². The molecule has 4 nitrogen and oxygen atoms in total. The summed E-state index contributed by atoms with van der Waals surface area (Å²) in [5.74, 6) is 0. The molecule has 0 amide bonds. The highest BCUT2D eigenvalue weighted by molar-refractivity contribution is 14.1. The zero-order chi connectivity index (χ0) is 13.8. The van der Waals surface area contributed by atoms with Crippen LogP contribution < -0.4 is 5.32 Å². The van der Waals surface area contributed by atoms with Crippen molar-refractivity contribution in [3.8, 4) is 0 Å². The molecule has 6 heteroatoms. The van der Waals surface area contributed by atoms with Gasteiger partial charge in [-0.05, 0) is 68.3 Å². The molecule has 0 fully saturated rings. The van der Waals surface area contributed by atoms with E-state index in [1.165, 1.54) is 0 Å². The van der Waals surface area contributed by atoms with Crippen molar-refractivity contribution in [2.24, 2.45) is 0 Å². The summed E-state index contributed by atoms with van der Waals surface area (Å²) in [5, 5.41) is 14.1. The fourth-order valence-corrected chi connectivity index (χ4v) is 2.55. The first-order valence-corrected chi connectivity index (χ1v) is 7.35. The largest absolute Gasteiger partial charge is 0.381 e. The molecule has 0 saturated heterocycles. The Hall–Kier alpha value is -1.15. The molecule has 0 aliphatic rings. The van der Waals surface area contributed by atoms with Crippen molar-refractivity contribution in [3.63, 3.8) is 0 Å². The molecule has 0 aliphatic heterocycles. The lowest BCUT2D eigenvalue weighted by atomic mass is 10.2. The average molecular weight is 433 g/mol. The van der Waals surface area contributed by atoms with E-state index in [2.05, 4.69) is 43.8 Å². The second kappa shape index (κ2) is 6.33. The van der Waals surface area contributed by atoms with Crippen LogP contribution >= 0.6 is 38.5 Å². The van der Waals surface area contributed by atoms with Gasteiger partial charge in [-0.1, -0.05) is 12.1 Å². The molecule has 0 atom stereocenters. The first kappa shape index (κ1) is 14.3. The second-order valence-electron chi connectivity index (χ2n) is 3.91. The van der Waals surface area contributed by atoms with E-state index in [1.54, 1.807) is 12.1 Å². The van der Waals surface area contributed by atoms with Crippen molar-refractivity contribution in [1.29, 1.82) is 0 Å². The van der Waals surface area contributed by atoms with Gasteiger partial charge >= 0.3 is 0 Å². The Morgan fingerprint density at radius 1 is 1.26 bits per heavy atom. The molecule has 0 unspecified atom stereocenters. The predicted molar refractivity (Wildman–Crippen MR) is 87.3 cm³/mol. The van der Waals surface area contributed by atoms with Crippen molar-refractivity contribution in [2.75, 3.05) is 5.32 Å². The van der Waals surface area contributed by atoms with Gasteiger partial charge in [0.05, 0.1) is 9.40 Å². The number of rotatable bonds is 4. The van der Waals surface area contributed by atoms with Crippen LogP contribution in [-0.2, 0) is 6.54 Å². The molecule has 2 aromatic carbocycles. The average Bonchev–Trinajstić information content (AvgIpc) is 2.37. The van der Waals surface area contributed by atoms with Gasteiger partial charge in [0.1, 0.15) is 0 Å². The van der Waals surface area contributed by atoms with Crippen LogP contribution in [0.5, 0.6) is 0 Å². The lowest BCUT2D eigenvalue weighted by molar-refractivity contribution is -0.385. The van der Waals surface area contributed by atoms with Crippen LogP contribution in [0, 0.1) is 13.7 Å². The lowest BCUT2D eigenvalue weighted by Crippen LogP contribution is -2.00. The number of benzene rings is 2. The maximum Gasteiger partial charge on any atom is 0.283 e. The maximum atomic E-state index is 10.8. The smallest absolute Gasteiger partial charge is 0.283 e. The van der Waals surface area contributed by atoms with Gasteiger partial charge in [-0.15, -0.1) is 0 Å². The van der Waals surface area contributed by atoms with E-state index in [-0.39, 0.29) is 10.6 Å². The van der Waals surface area contributed by atoms with Crippen molar-refractivity contribution in [3.05, 3.63) is 66.2 Å². The van der Waals surface area contributed by atoms with Crippen LogP contribution in [0.1, 0.15) is 5.56 Å². The summed E-state index contributed by atoms with van der Waals surface area (Å²) >= 11 is 5.42. The molecule has 0 aliphatic carbocycles. The van der Waals surface area contributed by atoms with E-state index >= 15 is 0 Å². The Morgan fingerprint density at radius 2 is 2.05 bits per heavy atom. The van der Waals surface area contributed by atoms with Gasteiger partial charge in [-0.3, -0.25) is 10.1 Å². The van der Waals surface area contributed by atoms with Crippen LogP contribution in [-0.4, -0.2) is 4.92 Å². The summed E-state index contributed by atoms with van der Waals surface area (Å²) in [5.41, 5.74) is 1.95. The van der Waals surface area contributed by atoms with Crippen LogP contribution in [0.25, 0.3) is 0 Å². The molecular formula is C13H10BrIN2O2. The zero-order valence-corrected chi connectivity index (χ0v) is 13.5. The van der Waals surface area contributed by atoms with E-state index in [9.17, 15) is 10.1 Å². The quantitative estimate of drug-likeness (QED) is 0.437. The number of nitrogens with one attached hydrogen (secondary N) is 1. The molecule has 98 valence electrons. The molecule has 0 heterocycles. The van der Waals surface area contributed by atoms with Gasteiger partial charge in [0, 0.05) is 21.9 Å². The molecule has 19 heavy (non-hydrogen) atoms. The molecule has 0 radical (unpaired) electrons. The fourth-order valence-electron chi connectivity index (χ4n) is 1.61.